The van der Waals surface area contributed by atoms with Gasteiger partial charge in [0.15, 0.2) is 0 Å². The molecular formula is C20H27N5O2S. The second-order valence-electron chi connectivity index (χ2n) is 7.15. The van der Waals surface area contributed by atoms with Crippen LogP contribution in [0.3, 0.4) is 0 Å². The van der Waals surface area contributed by atoms with Gasteiger partial charge in [-0.25, -0.2) is 0 Å². The van der Waals surface area contributed by atoms with Crippen LogP contribution >= 0.6 is 11.3 Å². The number of carbonyl (C=O) groups excluding carboxylic acids is 2. The summed E-state index contributed by atoms with van der Waals surface area (Å²) in [5, 5.41) is 14.5. The van der Waals surface area contributed by atoms with Crippen molar-refractivity contribution in [2.24, 2.45) is 0 Å². The predicted molar refractivity (Wildman–Crippen MR) is 111 cm³/mol. The Morgan fingerprint density at radius 2 is 2.11 bits per heavy atom. The molecule has 0 spiro atoms. The molecular weight excluding hydrogens is 374 g/mol. The molecule has 2 amide bonds. The minimum atomic E-state index is -0.321. The minimum Gasteiger partial charge on any atom is -0.352 e. The monoisotopic (exact) mass is 401 g/mol. The molecule has 8 heteroatoms. The molecule has 1 fully saturated rings. The van der Waals surface area contributed by atoms with Crippen LogP contribution in [0.2, 0.25) is 0 Å². The first-order valence-electron chi connectivity index (χ1n) is 9.76. The summed E-state index contributed by atoms with van der Waals surface area (Å²) < 4.78 is 0. The highest BCUT2D eigenvalue weighted by molar-refractivity contribution is 7.13. The Kier molecular flexibility index (Phi) is 7.11. The number of hydrogen-bond donors (Lipinski definition) is 2. The topological polar surface area (TPSA) is 87.2 Å². The number of nitrogens with one attached hydrogen (secondary N) is 2. The van der Waals surface area contributed by atoms with Crippen LogP contribution < -0.4 is 10.6 Å². The molecule has 0 unspecified atom stereocenters. The van der Waals surface area contributed by atoms with Gasteiger partial charge in [0.25, 0.3) is 11.8 Å². The van der Waals surface area contributed by atoms with Gasteiger partial charge in [-0.2, -0.15) is 0 Å². The highest BCUT2D eigenvalue weighted by atomic mass is 32.1. The summed E-state index contributed by atoms with van der Waals surface area (Å²) in [4.78, 5) is 27.1. The molecule has 1 saturated heterocycles. The molecule has 150 valence electrons. The standard InChI is InChI=1S/C20H27N5O2S/c1-14-7-3-4-11-25(14)12-6-10-21-18(26)16-8-5-9-17(13-16)22-19(27)20-24-23-15(2)28-20/h5,8-9,13-14H,3-4,6-7,10-12H2,1-2H3,(H,21,26)(H,22,27)/t14-/m0/s1. The Morgan fingerprint density at radius 3 is 2.86 bits per heavy atom. The Balaban J connectivity index is 1.47. The molecule has 28 heavy (non-hydrogen) atoms. The van der Waals surface area contributed by atoms with Gasteiger partial charge >= 0.3 is 0 Å². The highest BCUT2D eigenvalue weighted by Gasteiger charge is 2.17. The fourth-order valence-corrected chi connectivity index (χ4v) is 3.97. The molecule has 0 aliphatic carbocycles. The quantitative estimate of drug-likeness (QED) is 0.696. The lowest BCUT2D eigenvalue weighted by atomic mass is 10.0. The van der Waals surface area contributed by atoms with Crippen LogP contribution in [0.15, 0.2) is 24.3 Å². The van der Waals surface area contributed by atoms with E-state index < -0.39 is 0 Å². The van der Waals surface area contributed by atoms with E-state index in [1.165, 1.54) is 30.6 Å². The highest BCUT2D eigenvalue weighted by Crippen LogP contribution is 2.16. The largest absolute Gasteiger partial charge is 0.352 e. The minimum absolute atomic E-state index is 0.130. The number of aryl methyl sites for hydroxylation is 1. The van der Waals surface area contributed by atoms with Crippen molar-refractivity contribution < 1.29 is 9.59 Å². The first-order valence-corrected chi connectivity index (χ1v) is 10.6. The molecule has 0 bridgehead atoms. The number of carbonyl (C=O) groups is 2. The van der Waals surface area contributed by atoms with Gasteiger partial charge in [0.05, 0.1) is 0 Å². The van der Waals surface area contributed by atoms with Crippen LogP contribution in [0, 0.1) is 6.92 Å². The molecule has 2 N–H and O–H groups in total. The number of benzene rings is 1. The van der Waals surface area contributed by atoms with Crippen LogP contribution in [0.1, 0.15) is 57.8 Å². The molecule has 3 rings (SSSR count). The Hall–Kier alpha value is -2.32. The SMILES string of the molecule is Cc1nnc(C(=O)Nc2cccc(C(=O)NCCCN3CCCC[C@@H]3C)c2)s1. The number of hydrogen-bond acceptors (Lipinski definition) is 6. The summed E-state index contributed by atoms with van der Waals surface area (Å²) in [7, 11) is 0. The van der Waals surface area contributed by atoms with Crippen molar-refractivity contribution in [3.05, 3.63) is 39.8 Å². The van der Waals surface area contributed by atoms with Crippen molar-refractivity contribution in [1.29, 1.82) is 0 Å². The molecule has 1 aliphatic rings. The Labute approximate surface area is 169 Å². The number of likely N-dealkylation sites (tertiary alicyclic amines) is 1. The number of aromatic nitrogens is 2. The summed E-state index contributed by atoms with van der Waals surface area (Å²) >= 11 is 1.23. The van der Waals surface area contributed by atoms with Crippen molar-refractivity contribution in [2.45, 2.75) is 45.6 Å². The van der Waals surface area contributed by atoms with E-state index in [4.69, 9.17) is 0 Å². The summed E-state index contributed by atoms with van der Waals surface area (Å²) in [5.41, 5.74) is 1.09. The van der Waals surface area contributed by atoms with E-state index in [0.29, 0.717) is 28.8 Å². The van der Waals surface area contributed by atoms with Gasteiger partial charge in [-0.05, 0) is 57.9 Å². The van der Waals surface area contributed by atoms with Gasteiger partial charge in [0.1, 0.15) is 5.01 Å². The van der Waals surface area contributed by atoms with Gasteiger partial charge in [0.2, 0.25) is 5.01 Å². The zero-order valence-electron chi connectivity index (χ0n) is 16.4. The molecule has 1 aromatic carbocycles. The maximum absolute atomic E-state index is 12.4. The average molecular weight is 402 g/mol. The molecule has 1 atom stereocenters. The van der Waals surface area contributed by atoms with E-state index in [1.54, 1.807) is 31.2 Å². The molecule has 1 aromatic heterocycles. The summed E-state index contributed by atoms with van der Waals surface area (Å²) in [5.74, 6) is -0.451. The van der Waals surface area contributed by atoms with Gasteiger partial charge in [0, 0.05) is 30.4 Å². The Morgan fingerprint density at radius 1 is 1.25 bits per heavy atom. The van der Waals surface area contributed by atoms with E-state index in [0.717, 1.165) is 24.5 Å². The smallest absolute Gasteiger partial charge is 0.286 e. The first-order chi connectivity index (χ1) is 13.5. The third kappa shape index (κ3) is 5.59. The summed E-state index contributed by atoms with van der Waals surface area (Å²) in [6.45, 7) is 6.89. The normalized spacial score (nSPS) is 17.3. The predicted octanol–water partition coefficient (Wildman–Crippen LogP) is 3.09. The third-order valence-corrected chi connectivity index (χ3v) is 5.79. The number of anilines is 1. The molecule has 7 nitrogen and oxygen atoms in total. The molecule has 0 radical (unpaired) electrons. The summed E-state index contributed by atoms with van der Waals surface area (Å²) in [6, 6.07) is 7.56. The second-order valence-corrected chi connectivity index (χ2v) is 8.33. The van der Waals surface area contributed by atoms with E-state index >= 15 is 0 Å². The third-order valence-electron chi connectivity index (χ3n) is 4.95. The zero-order valence-corrected chi connectivity index (χ0v) is 17.2. The number of piperidine rings is 1. The van der Waals surface area contributed by atoms with Crippen LogP contribution in [0.4, 0.5) is 5.69 Å². The van der Waals surface area contributed by atoms with Crippen LogP contribution in [0.25, 0.3) is 0 Å². The van der Waals surface area contributed by atoms with E-state index in [-0.39, 0.29) is 11.8 Å². The van der Waals surface area contributed by atoms with Crippen LogP contribution in [-0.2, 0) is 0 Å². The zero-order chi connectivity index (χ0) is 19.9. The molecule has 0 saturated carbocycles. The lowest BCUT2D eigenvalue weighted by molar-refractivity contribution is 0.0947. The van der Waals surface area contributed by atoms with Crippen molar-refractivity contribution in [3.63, 3.8) is 0 Å². The lowest BCUT2D eigenvalue weighted by Gasteiger charge is -2.33. The Bertz CT molecular complexity index is 822. The van der Waals surface area contributed by atoms with Gasteiger partial charge in [-0.15, -0.1) is 10.2 Å². The average Bonchev–Trinajstić information content (AvgIpc) is 3.13. The van der Waals surface area contributed by atoms with Crippen LogP contribution in [0.5, 0.6) is 0 Å². The van der Waals surface area contributed by atoms with Gasteiger partial charge < -0.3 is 15.5 Å². The second kappa shape index (κ2) is 9.75. The maximum atomic E-state index is 12.4. The summed E-state index contributed by atoms with van der Waals surface area (Å²) in [6.07, 6.45) is 4.79. The van der Waals surface area contributed by atoms with Crippen LogP contribution in [-0.4, -0.2) is 52.6 Å². The molecule has 1 aliphatic heterocycles. The molecule has 2 heterocycles. The van der Waals surface area contributed by atoms with Gasteiger partial charge in [-0.3, -0.25) is 9.59 Å². The van der Waals surface area contributed by atoms with Crippen molar-refractivity contribution in [3.8, 4) is 0 Å². The van der Waals surface area contributed by atoms with Crippen molar-refractivity contribution in [2.75, 3.05) is 25.0 Å². The molecule has 2 aromatic rings. The number of nitrogens with zero attached hydrogens (tertiary/aromatic N) is 3. The first kappa shape index (κ1) is 20.4. The number of rotatable bonds is 7. The fraction of sp³-hybridized carbons (Fsp3) is 0.500. The fourth-order valence-electron chi connectivity index (χ4n) is 3.39. The van der Waals surface area contributed by atoms with Crippen molar-refractivity contribution in [1.82, 2.24) is 20.4 Å². The van der Waals surface area contributed by atoms with E-state index in [1.807, 2.05) is 0 Å². The van der Waals surface area contributed by atoms with Crippen molar-refractivity contribution >= 4 is 28.8 Å². The maximum Gasteiger partial charge on any atom is 0.286 e. The van der Waals surface area contributed by atoms with Gasteiger partial charge in [-0.1, -0.05) is 23.8 Å². The number of amides is 2. The lowest BCUT2D eigenvalue weighted by Crippen LogP contribution is -2.39. The van der Waals surface area contributed by atoms with E-state index in [2.05, 4.69) is 32.7 Å². The van der Waals surface area contributed by atoms with E-state index in [9.17, 15) is 9.59 Å².